The van der Waals surface area contributed by atoms with Crippen molar-refractivity contribution in [2.75, 3.05) is 31.2 Å². The predicted octanol–water partition coefficient (Wildman–Crippen LogP) is 4.15. The fourth-order valence-corrected chi connectivity index (χ4v) is 3.95. The summed E-state index contributed by atoms with van der Waals surface area (Å²) in [5, 5.41) is 0. The van der Waals surface area contributed by atoms with Crippen molar-refractivity contribution in [2.24, 2.45) is 5.73 Å². The smallest absolute Gasteiger partial charge is 0.0642 e. The van der Waals surface area contributed by atoms with E-state index in [9.17, 15) is 0 Å². The second-order valence-corrected chi connectivity index (χ2v) is 7.94. The third-order valence-electron chi connectivity index (χ3n) is 6.20. The highest BCUT2D eigenvalue weighted by Gasteiger charge is 2.41. The summed E-state index contributed by atoms with van der Waals surface area (Å²) >= 11 is 0. The number of nitrogens with zero attached hydrogens (tertiary/aromatic N) is 1. The molecule has 2 N–H and O–H groups in total. The standard InChI is InChI=1S/C23H32N2O/c1-4-23(24,18-19-8-6-5-7-9-19)22(2,3)20-10-12-21(13-11-20)25-14-16-26-17-15-25/h5-13H,4,14-18,24H2,1-3H3. The minimum atomic E-state index is -0.297. The summed E-state index contributed by atoms with van der Waals surface area (Å²) in [6, 6.07) is 19.6. The Labute approximate surface area is 158 Å². The fraction of sp³-hybridized carbons (Fsp3) is 0.478. The Morgan fingerprint density at radius 1 is 0.962 bits per heavy atom. The highest BCUT2D eigenvalue weighted by Crippen LogP contribution is 2.38. The molecule has 1 atom stereocenters. The molecule has 1 fully saturated rings. The molecule has 1 unspecified atom stereocenters. The van der Waals surface area contributed by atoms with Gasteiger partial charge in [-0.3, -0.25) is 0 Å². The molecular weight excluding hydrogens is 320 g/mol. The van der Waals surface area contributed by atoms with Gasteiger partial charge in [0.1, 0.15) is 0 Å². The summed E-state index contributed by atoms with van der Waals surface area (Å²) in [4.78, 5) is 2.39. The van der Waals surface area contributed by atoms with Gasteiger partial charge in [-0.2, -0.15) is 0 Å². The van der Waals surface area contributed by atoms with E-state index in [2.05, 4.69) is 80.3 Å². The first kappa shape index (κ1) is 18.9. The quantitative estimate of drug-likeness (QED) is 0.849. The van der Waals surface area contributed by atoms with Gasteiger partial charge in [0.2, 0.25) is 0 Å². The molecule has 140 valence electrons. The number of rotatable bonds is 6. The van der Waals surface area contributed by atoms with Crippen molar-refractivity contribution in [3.63, 3.8) is 0 Å². The van der Waals surface area contributed by atoms with Crippen molar-refractivity contribution >= 4 is 5.69 Å². The van der Waals surface area contributed by atoms with Gasteiger partial charge in [0.05, 0.1) is 13.2 Å². The van der Waals surface area contributed by atoms with E-state index in [0.29, 0.717) is 0 Å². The number of nitrogens with two attached hydrogens (primary N) is 1. The zero-order valence-electron chi connectivity index (χ0n) is 16.4. The van der Waals surface area contributed by atoms with Crippen LogP contribution in [0.1, 0.15) is 38.3 Å². The van der Waals surface area contributed by atoms with Gasteiger partial charge in [-0.05, 0) is 36.1 Å². The summed E-state index contributed by atoms with van der Waals surface area (Å²) in [6.07, 6.45) is 1.81. The van der Waals surface area contributed by atoms with Crippen LogP contribution in [0.4, 0.5) is 5.69 Å². The lowest BCUT2D eigenvalue weighted by Gasteiger charge is -2.44. The van der Waals surface area contributed by atoms with E-state index in [1.165, 1.54) is 16.8 Å². The van der Waals surface area contributed by atoms with E-state index in [-0.39, 0.29) is 11.0 Å². The Kier molecular flexibility index (Phi) is 5.69. The van der Waals surface area contributed by atoms with E-state index in [1.807, 2.05) is 0 Å². The Morgan fingerprint density at radius 2 is 1.58 bits per heavy atom. The lowest BCUT2D eigenvalue weighted by Crippen LogP contribution is -2.56. The molecular formula is C23H32N2O. The Balaban J connectivity index is 1.82. The van der Waals surface area contributed by atoms with Crippen molar-refractivity contribution in [2.45, 2.75) is 44.6 Å². The molecule has 3 heteroatoms. The van der Waals surface area contributed by atoms with Crippen LogP contribution in [-0.4, -0.2) is 31.8 Å². The third kappa shape index (κ3) is 3.79. The number of morpholine rings is 1. The lowest BCUT2D eigenvalue weighted by atomic mass is 9.64. The van der Waals surface area contributed by atoms with Gasteiger partial charge >= 0.3 is 0 Å². The molecule has 3 rings (SSSR count). The van der Waals surface area contributed by atoms with Crippen molar-refractivity contribution in [3.05, 3.63) is 65.7 Å². The molecule has 26 heavy (non-hydrogen) atoms. The monoisotopic (exact) mass is 352 g/mol. The van der Waals surface area contributed by atoms with E-state index in [1.54, 1.807) is 0 Å². The Morgan fingerprint density at radius 3 is 2.15 bits per heavy atom. The van der Waals surface area contributed by atoms with Gasteiger partial charge in [0.25, 0.3) is 0 Å². The van der Waals surface area contributed by atoms with Crippen LogP contribution in [-0.2, 0) is 16.6 Å². The highest BCUT2D eigenvalue weighted by molar-refractivity contribution is 5.49. The zero-order chi connectivity index (χ0) is 18.6. The summed E-state index contributed by atoms with van der Waals surface area (Å²) in [6.45, 7) is 10.3. The lowest BCUT2D eigenvalue weighted by molar-refractivity contribution is 0.122. The van der Waals surface area contributed by atoms with Crippen LogP contribution in [0.15, 0.2) is 54.6 Å². The molecule has 2 aromatic rings. The molecule has 0 radical (unpaired) electrons. The molecule has 0 aliphatic carbocycles. The van der Waals surface area contributed by atoms with Gasteiger partial charge < -0.3 is 15.4 Å². The largest absolute Gasteiger partial charge is 0.378 e. The number of hydrogen-bond donors (Lipinski definition) is 1. The van der Waals surface area contributed by atoms with Crippen molar-refractivity contribution in [3.8, 4) is 0 Å². The average Bonchev–Trinajstić information content (AvgIpc) is 2.69. The SMILES string of the molecule is CCC(N)(Cc1ccccc1)C(C)(C)c1ccc(N2CCOCC2)cc1. The molecule has 1 saturated heterocycles. The molecule has 0 saturated carbocycles. The molecule has 1 aliphatic rings. The maximum atomic E-state index is 6.99. The van der Waals surface area contributed by atoms with Gasteiger partial charge in [-0.25, -0.2) is 0 Å². The minimum absolute atomic E-state index is 0.124. The molecule has 0 spiro atoms. The molecule has 1 aliphatic heterocycles. The van der Waals surface area contributed by atoms with Gasteiger partial charge in [-0.1, -0.05) is 63.2 Å². The van der Waals surface area contributed by atoms with Crippen LogP contribution < -0.4 is 10.6 Å². The fourth-order valence-electron chi connectivity index (χ4n) is 3.95. The van der Waals surface area contributed by atoms with Gasteiger partial charge in [-0.15, -0.1) is 0 Å². The van der Waals surface area contributed by atoms with E-state index in [0.717, 1.165) is 39.1 Å². The third-order valence-corrected chi connectivity index (χ3v) is 6.20. The number of hydrogen-bond acceptors (Lipinski definition) is 3. The summed E-state index contributed by atoms with van der Waals surface area (Å²) in [5.41, 5.74) is 10.4. The molecule has 3 nitrogen and oxygen atoms in total. The maximum Gasteiger partial charge on any atom is 0.0642 e. The second-order valence-electron chi connectivity index (χ2n) is 7.94. The van der Waals surface area contributed by atoms with Crippen LogP contribution in [0.2, 0.25) is 0 Å². The second kappa shape index (κ2) is 7.81. The Bertz CT molecular complexity index is 690. The normalized spacial score (nSPS) is 17.8. The first-order valence-electron chi connectivity index (χ1n) is 9.72. The number of anilines is 1. The molecule has 1 heterocycles. The maximum absolute atomic E-state index is 6.99. The molecule has 0 bridgehead atoms. The summed E-state index contributed by atoms with van der Waals surface area (Å²) < 4.78 is 5.46. The van der Waals surface area contributed by atoms with E-state index in [4.69, 9.17) is 10.5 Å². The molecule has 0 aromatic heterocycles. The summed E-state index contributed by atoms with van der Waals surface area (Å²) in [5.74, 6) is 0. The minimum Gasteiger partial charge on any atom is -0.378 e. The highest BCUT2D eigenvalue weighted by atomic mass is 16.5. The van der Waals surface area contributed by atoms with Crippen LogP contribution in [0, 0.1) is 0 Å². The van der Waals surface area contributed by atoms with Crippen molar-refractivity contribution in [1.29, 1.82) is 0 Å². The van der Waals surface area contributed by atoms with Crippen LogP contribution in [0.3, 0.4) is 0 Å². The topological polar surface area (TPSA) is 38.5 Å². The Hall–Kier alpha value is -1.84. The van der Waals surface area contributed by atoms with Gasteiger partial charge in [0, 0.05) is 29.7 Å². The van der Waals surface area contributed by atoms with E-state index >= 15 is 0 Å². The number of ether oxygens (including phenoxy) is 1. The first-order valence-corrected chi connectivity index (χ1v) is 9.72. The van der Waals surface area contributed by atoms with Gasteiger partial charge in [0.15, 0.2) is 0 Å². The first-order chi connectivity index (χ1) is 12.5. The molecule has 2 aromatic carbocycles. The van der Waals surface area contributed by atoms with E-state index < -0.39 is 0 Å². The van der Waals surface area contributed by atoms with Crippen molar-refractivity contribution < 1.29 is 4.74 Å². The van der Waals surface area contributed by atoms with Crippen LogP contribution >= 0.6 is 0 Å². The summed E-state index contributed by atoms with van der Waals surface area (Å²) in [7, 11) is 0. The predicted molar refractivity (Wildman–Crippen MR) is 110 cm³/mol. The van der Waals surface area contributed by atoms with Crippen LogP contribution in [0.5, 0.6) is 0 Å². The zero-order valence-corrected chi connectivity index (χ0v) is 16.4. The number of benzene rings is 2. The van der Waals surface area contributed by atoms with Crippen LogP contribution in [0.25, 0.3) is 0 Å². The molecule has 0 amide bonds. The average molecular weight is 353 g/mol. The van der Waals surface area contributed by atoms with Crippen molar-refractivity contribution in [1.82, 2.24) is 0 Å².